The summed E-state index contributed by atoms with van der Waals surface area (Å²) in [7, 11) is 0. The van der Waals surface area contributed by atoms with Crippen molar-refractivity contribution in [3.8, 4) is 0 Å². The highest BCUT2D eigenvalue weighted by Crippen LogP contribution is 2.27. The summed E-state index contributed by atoms with van der Waals surface area (Å²) in [6.07, 6.45) is 0.729. The van der Waals surface area contributed by atoms with Crippen LogP contribution in [-0.4, -0.2) is 58.4 Å². The minimum atomic E-state index is -1.16. The molecule has 4 amide bonds. The standard InChI is InChI=1S/C27H29N5O3/c1-16(2)32-14-23(27(15-32)25(34)30-26(35)31-27)29-24(33)19-10-8-18(9-11-19)13-20-12-17(3)28-22-7-5-4-6-21(20)22/h4-12,16,23H,13-15H2,1-3H3,(H,29,33)(H2,30,31,34,35). The van der Waals surface area contributed by atoms with Gasteiger partial charge >= 0.3 is 6.03 Å². The molecule has 0 saturated carbocycles. The van der Waals surface area contributed by atoms with Crippen LogP contribution in [0.3, 0.4) is 0 Å². The van der Waals surface area contributed by atoms with E-state index in [1.54, 1.807) is 12.1 Å². The van der Waals surface area contributed by atoms with Gasteiger partial charge in [0.05, 0.1) is 11.6 Å². The van der Waals surface area contributed by atoms with E-state index in [1.807, 2.05) is 51.1 Å². The number of nitrogens with zero attached hydrogens (tertiary/aromatic N) is 2. The molecule has 2 aliphatic rings. The molecule has 3 aromatic rings. The summed E-state index contributed by atoms with van der Waals surface area (Å²) in [6.45, 7) is 6.87. The molecule has 0 aliphatic carbocycles. The van der Waals surface area contributed by atoms with E-state index in [0.29, 0.717) is 18.7 Å². The third-order valence-electron chi connectivity index (χ3n) is 7.01. The van der Waals surface area contributed by atoms with Crippen LogP contribution in [0.4, 0.5) is 4.79 Å². The Morgan fingerprint density at radius 2 is 1.91 bits per heavy atom. The van der Waals surface area contributed by atoms with Crippen molar-refractivity contribution in [2.45, 2.75) is 44.8 Å². The lowest BCUT2D eigenvalue weighted by Gasteiger charge is -2.27. The third-order valence-corrected chi connectivity index (χ3v) is 7.01. The molecular weight excluding hydrogens is 442 g/mol. The second-order valence-electron chi connectivity index (χ2n) is 9.74. The summed E-state index contributed by atoms with van der Waals surface area (Å²) in [5, 5.41) is 9.22. The lowest BCUT2D eigenvalue weighted by molar-refractivity contribution is -0.124. The number of carbonyl (C=O) groups is 3. The Morgan fingerprint density at radius 1 is 1.17 bits per heavy atom. The first kappa shape index (κ1) is 23.0. The maximum atomic E-state index is 13.1. The van der Waals surface area contributed by atoms with E-state index in [1.165, 1.54) is 5.56 Å². The van der Waals surface area contributed by atoms with Crippen LogP contribution in [0.5, 0.6) is 0 Å². The summed E-state index contributed by atoms with van der Waals surface area (Å²) in [4.78, 5) is 44.4. The number of benzene rings is 2. The van der Waals surface area contributed by atoms with E-state index in [0.717, 1.165) is 28.6 Å². The van der Waals surface area contributed by atoms with Gasteiger partial charge in [-0.05, 0) is 62.6 Å². The number of pyridine rings is 1. The normalized spacial score (nSPS) is 22.1. The van der Waals surface area contributed by atoms with Gasteiger partial charge in [-0.3, -0.25) is 24.8 Å². The van der Waals surface area contributed by atoms with Gasteiger partial charge in [-0.15, -0.1) is 0 Å². The zero-order valence-electron chi connectivity index (χ0n) is 20.1. The number of urea groups is 1. The number of carbonyl (C=O) groups excluding carboxylic acids is 3. The molecule has 3 heterocycles. The molecule has 2 atom stereocenters. The van der Waals surface area contributed by atoms with E-state index >= 15 is 0 Å². The number of hydrogen-bond acceptors (Lipinski definition) is 5. The van der Waals surface area contributed by atoms with E-state index in [2.05, 4.69) is 38.0 Å². The summed E-state index contributed by atoms with van der Waals surface area (Å²) in [5.74, 6) is -0.670. The van der Waals surface area contributed by atoms with Gasteiger partial charge in [-0.2, -0.15) is 0 Å². The lowest BCUT2D eigenvalue weighted by atomic mass is 9.93. The number of imide groups is 1. The van der Waals surface area contributed by atoms with Crippen molar-refractivity contribution in [2.75, 3.05) is 13.1 Å². The predicted molar refractivity (Wildman–Crippen MR) is 133 cm³/mol. The second-order valence-corrected chi connectivity index (χ2v) is 9.74. The molecule has 2 unspecified atom stereocenters. The minimum absolute atomic E-state index is 0.172. The molecule has 8 nitrogen and oxygen atoms in total. The number of rotatable bonds is 5. The fourth-order valence-corrected chi connectivity index (χ4v) is 5.09. The van der Waals surface area contributed by atoms with Crippen LogP contribution in [0, 0.1) is 6.92 Å². The van der Waals surface area contributed by atoms with Crippen LogP contribution in [-0.2, 0) is 11.2 Å². The molecule has 2 aliphatic heterocycles. The number of fused-ring (bicyclic) bond motifs is 1. The summed E-state index contributed by atoms with van der Waals surface area (Å²) >= 11 is 0. The van der Waals surface area contributed by atoms with Crippen molar-refractivity contribution < 1.29 is 14.4 Å². The topological polar surface area (TPSA) is 103 Å². The zero-order chi connectivity index (χ0) is 24.7. The van der Waals surface area contributed by atoms with Gasteiger partial charge in [0, 0.05) is 35.8 Å². The van der Waals surface area contributed by atoms with Crippen molar-refractivity contribution in [1.29, 1.82) is 0 Å². The largest absolute Gasteiger partial charge is 0.345 e. The Morgan fingerprint density at radius 3 is 2.60 bits per heavy atom. The average Bonchev–Trinajstić information content (AvgIpc) is 3.32. The Bertz CT molecular complexity index is 1320. The van der Waals surface area contributed by atoms with Crippen molar-refractivity contribution >= 4 is 28.7 Å². The molecule has 8 heteroatoms. The number of aryl methyl sites for hydroxylation is 1. The first-order valence-electron chi connectivity index (χ1n) is 11.9. The molecular formula is C27H29N5O3. The fraction of sp³-hybridized carbons (Fsp3) is 0.333. The number of hydrogen-bond donors (Lipinski definition) is 3. The van der Waals surface area contributed by atoms with E-state index in [9.17, 15) is 14.4 Å². The number of likely N-dealkylation sites (tertiary alicyclic amines) is 1. The molecule has 180 valence electrons. The Kier molecular flexibility index (Phi) is 5.76. The molecule has 2 saturated heterocycles. The van der Waals surface area contributed by atoms with Crippen LogP contribution >= 0.6 is 0 Å². The Balaban J connectivity index is 1.33. The summed E-state index contributed by atoms with van der Waals surface area (Å²) in [5.41, 5.74) is 3.57. The molecule has 2 aromatic carbocycles. The van der Waals surface area contributed by atoms with Gasteiger partial charge in [0.1, 0.15) is 0 Å². The third kappa shape index (κ3) is 4.25. The molecule has 35 heavy (non-hydrogen) atoms. The molecule has 5 rings (SSSR count). The van der Waals surface area contributed by atoms with Crippen molar-refractivity contribution in [2.24, 2.45) is 0 Å². The van der Waals surface area contributed by atoms with Gasteiger partial charge < -0.3 is 10.6 Å². The molecule has 2 fully saturated rings. The number of aromatic nitrogens is 1. The van der Waals surface area contributed by atoms with E-state index < -0.39 is 23.5 Å². The second kappa shape index (κ2) is 8.78. The van der Waals surface area contributed by atoms with Crippen LogP contribution in [0.15, 0.2) is 54.6 Å². The van der Waals surface area contributed by atoms with Gasteiger partial charge in [0.25, 0.3) is 11.8 Å². The summed E-state index contributed by atoms with van der Waals surface area (Å²) in [6, 6.07) is 16.8. The first-order chi connectivity index (χ1) is 16.7. The van der Waals surface area contributed by atoms with E-state index in [-0.39, 0.29) is 11.9 Å². The molecule has 1 aromatic heterocycles. The van der Waals surface area contributed by atoms with Crippen molar-refractivity contribution in [3.63, 3.8) is 0 Å². The fourth-order valence-electron chi connectivity index (χ4n) is 5.09. The highest BCUT2D eigenvalue weighted by Gasteiger charge is 2.58. The van der Waals surface area contributed by atoms with E-state index in [4.69, 9.17) is 0 Å². The average molecular weight is 472 g/mol. The Hall–Kier alpha value is -3.78. The van der Waals surface area contributed by atoms with Crippen LogP contribution in [0.25, 0.3) is 10.9 Å². The maximum absolute atomic E-state index is 13.1. The lowest BCUT2D eigenvalue weighted by Crippen LogP contribution is -2.62. The number of nitrogens with one attached hydrogen (secondary N) is 3. The molecule has 3 N–H and O–H groups in total. The van der Waals surface area contributed by atoms with Gasteiger partial charge in [0.15, 0.2) is 5.54 Å². The Labute approximate surface area is 204 Å². The number of amides is 4. The predicted octanol–water partition coefficient (Wildman–Crippen LogP) is 2.53. The quantitative estimate of drug-likeness (QED) is 0.496. The monoisotopic (exact) mass is 471 g/mol. The first-order valence-corrected chi connectivity index (χ1v) is 11.9. The SMILES string of the molecule is Cc1cc(Cc2ccc(C(=O)NC3CN(C(C)C)CC34NC(=O)NC4=O)cc2)c2ccccc2n1. The van der Waals surface area contributed by atoms with Crippen molar-refractivity contribution in [1.82, 2.24) is 25.8 Å². The van der Waals surface area contributed by atoms with Crippen LogP contribution < -0.4 is 16.0 Å². The highest BCUT2D eigenvalue weighted by molar-refractivity contribution is 6.08. The zero-order valence-corrected chi connectivity index (χ0v) is 20.1. The summed E-state index contributed by atoms with van der Waals surface area (Å²) < 4.78 is 0. The molecule has 1 spiro atoms. The van der Waals surface area contributed by atoms with Crippen molar-refractivity contribution in [3.05, 3.63) is 77.0 Å². The molecule has 0 radical (unpaired) electrons. The van der Waals surface area contributed by atoms with Crippen LogP contribution in [0.2, 0.25) is 0 Å². The molecule has 0 bridgehead atoms. The van der Waals surface area contributed by atoms with Gasteiger partial charge in [-0.25, -0.2) is 4.79 Å². The maximum Gasteiger partial charge on any atom is 0.322 e. The van der Waals surface area contributed by atoms with Gasteiger partial charge in [-0.1, -0.05) is 30.3 Å². The highest BCUT2D eigenvalue weighted by atomic mass is 16.2. The minimum Gasteiger partial charge on any atom is -0.345 e. The van der Waals surface area contributed by atoms with Gasteiger partial charge in [0.2, 0.25) is 0 Å². The van der Waals surface area contributed by atoms with Crippen LogP contribution in [0.1, 0.15) is 41.0 Å². The smallest absolute Gasteiger partial charge is 0.322 e. The number of para-hydroxylation sites is 1.